The van der Waals surface area contributed by atoms with Crippen molar-refractivity contribution in [2.24, 2.45) is 0 Å². The summed E-state index contributed by atoms with van der Waals surface area (Å²) in [5, 5.41) is 7.88. The minimum atomic E-state index is -4.63. The van der Waals surface area contributed by atoms with Crippen LogP contribution < -0.4 is 0 Å². The highest BCUT2D eigenvalue weighted by atomic mass is 35.5. The summed E-state index contributed by atoms with van der Waals surface area (Å²) in [5.74, 6) is 0.700. The van der Waals surface area contributed by atoms with Crippen molar-refractivity contribution >= 4 is 17.5 Å². The number of rotatable bonds is 2. The lowest BCUT2D eigenvalue weighted by atomic mass is 10.1. The Hall–Kier alpha value is -2.87. The zero-order valence-corrected chi connectivity index (χ0v) is 17.0. The quantitative estimate of drug-likeness (QED) is 0.572. The SMILES string of the molecule is Cc1ccc(-c2nnc3n2C[C@H](C)N(C(=O)c2cccc(C(F)(F)F)c2Cl)C3)cc1. The number of fused-ring (bicyclic) bond motifs is 1. The van der Waals surface area contributed by atoms with Gasteiger partial charge in [0.2, 0.25) is 0 Å². The Bertz CT molecular complexity index is 1110. The lowest BCUT2D eigenvalue weighted by Gasteiger charge is -2.34. The Morgan fingerprint density at radius 1 is 1.13 bits per heavy atom. The van der Waals surface area contributed by atoms with Crippen LogP contribution in [0.1, 0.15) is 34.2 Å². The minimum absolute atomic E-state index is 0.130. The molecule has 2 aromatic carbocycles. The maximum absolute atomic E-state index is 13.2. The molecule has 1 atom stereocenters. The van der Waals surface area contributed by atoms with Crippen molar-refractivity contribution in [1.82, 2.24) is 19.7 Å². The Morgan fingerprint density at radius 3 is 2.50 bits per heavy atom. The molecule has 0 radical (unpaired) electrons. The molecule has 0 unspecified atom stereocenters. The van der Waals surface area contributed by atoms with Crippen molar-refractivity contribution in [2.45, 2.75) is 39.2 Å². The fraction of sp³-hybridized carbons (Fsp3) is 0.286. The lowest BCUT2D eigenvalue weighted by molar-refractivity contribution is -0.137. The molecule has 4 rings (SSSR count). The number of amides is 1. The molecular weight excluding hydrogens is 417 g/mol. The van der Waals surface area contributed by atoms with Gasteiger partial charge in [-0.05, 0) is 26.0 Å². The van der Waals surface area contributed by atoms with E-state index in [0.29, 0.717) is 18.2 Å². The third-order valence-corrected chi connectivity index (χ3v) is 5.63. The molecule has 1 amide bonds. The molecular formula is C21H18ClF3N4O. The van der Waals surface area contributed by atoms with Gasteiger partial charge in [0.1, 0.15) is 0 Å². The lowest BCUT2D eigenvalue weighted by Crippen LogP contribution is -2.45. The predicted octanol–water partition coefficient (Wildman–Crippen LogP) is 4.97. The van der Waals surface area contributed by atoms with Gasteiger partial charge in [-0.2, -0.15) is 13.2 Å². The third kappa shape index (κ3) is 3.56. The van der Waals surface area contributed by atoms with Gasteiger partial charge in [-0.3, -0.25) is 4.79 Å². The van der Waals surface area contributed by atoms with E-state index in [1.165, 1.54) is 17.0 Å². The monoisotopic (exact) mass is 434 g/mol. The van der Waals surface area contributed by atoms with Crippen LogP contribution in [0.2, 0.25) is 5.02 Å². The number of aryl methyl sites for hydroxylation is 1. The Morgan fingerprint density at radius 2 is 1.83 bits per heavy atom. The number of nitrogens with zero attached hydrogens (tertiary/aromatic N) is 4. The first-order valence-corrected chi connectivity index (χ1v) is 9.70. The van der Waals surface area contributed by atoms with Crippen LogP contribution in [0.4, 0.5) is 13.2 Å². The number of alkyl halides is 3. The number of halogens is 4. The fourth-order valence-corrected chi connectivity index (χ4v) is 3.89. The molecule has 0 bridgehead atoms. The summed E-state index contributed by atoms with van der Waals surface area (Å²) < 4.78 is 41.4. The van der Waals surface area contributed by atoms with Crippen LogP contribution in [-0.2, 0) is 19.3 Å². The maximum atomic E-state index is 13.2. The van der Waals surface area contributed by atoms with Crippen LogP contribution in [0.3, 0.4) is 0 Å². The highest BCUT2D eigenvalue weighted by Gasteiger charge is 2.37. The highest BCUT2D eigenvalue weighted by Crippen LogP contribution is 2.37. The van der Waals surface area contributed by atoms with Gasteiger partial charge in [-0.25, -0.2) is 0 Å². The van der Waals surface area contributed by atoms with Gasteiger partial charge in [0.25, 0.3) is 5.91 Å². The van der Waals surface area contributed by atoms with Gasteiger partial charge in [-0.15, -0.1) is 10.2 Å². The second kappa shape index (κ2) is 7.43. The maximum Gasteiger partial charge on any atom is 0.417 e. The van der Waals surface area contributed by atoms with Crippen LogP contribution >= 0.6 is 11.6 Å². The van der Waals surface area contributed by atoms with E-state index >= 15 is 0 Å². The number of hydrogen-bond donors (Lipinski definition) is 0. The molecule has 2 heterocycles. The second-order valence-corrected chi connectivity index (χ2v) is 7.74. The first-order valence-electron chi connectivity index (χ1n) is 9.32. The summed E-state index contributed by atoms with van der Waals surface area (Å²) in [4.78, 5) is 14.5. The summed E-state index contributed by atoms with van der Waals surface area (Å²) in [7, 11) is 0. The number of hydrogen-bond acceptors (Lipinski definition) is 3. The first kappa shape index (κ1) is 20.4. The molecule has 156 valence electrons. The summed E-state index contributed by atoms with van der Waals surface area (Å²) >= 11 is 5.95. The largest absolute Gasteiger partial charge is 0.417 e. The van der Waals surface area contributed by atoms with E-state index in [9.17, 15) is 18.0 Å². The van der Waals surface area contributed by atoms with Crippen LogP contribution in [0.5, 0.6) is 0 Å². The van der Waals surface area contributed by atoms with Gasteiger partial charge >= 0.3 is 6.18 Å². The van der Waals surface area contributed by atoms with E-state index in [0.717, 1.165) is 17.2 Å². The van der Waals surface area contributed by atoms with Crippen LogP contribution in [0, 0.1) is 6.92 Å². The molecule has 0 fully saturated rings. The number of aromatic nitrogens is 3. The molecule has 3 aromatic rings. The average Bonchev–Trinajstić information content (AvgIpc) is 3.09. The number of benzene rings is 2. The van der Waals surface area contributed by atoms with E-state index in [-0.39, 0.29) is 18.2 Å². The Labute approximate surface area is 176 Å². The smallest absolute Gasteiger partial charge is 0.327 e. The first-order chi connectivity index (χ1) is 14.2. The summed E-state index contributed by atoms with van der Waals surface area (Å²) in [6.07, 6.45) is -4.63. The number of carbonyl (C=O) groups excluding carboxylic acids is 1. The molecule has 5 nitrogen and oxygen atoms in total. The van der Waals surface area contributed by atoms with E-state index in [1.807, 2.05) is 42.7 Å². The minimum Gasteiger partial charge on any atom is -0.327 e. The molecule has 30 heavy (non-hydrogen) atoms. The molecule has 0 spiro atoms. The van der Waals surface area contributed by atoms with Crippen molar-refractivity contribution in [1.29, 1.82) is 0 Å². The Balaban J connectivity index is 1.65. The predicted molar refractivity (Wildman–Crippen MR) is 106 cm³/mol. The van der Waals surface area contributed by atoms with Gasteiger partial charge in [0.05, 0.1) is 22.7 Å². The molecule has 1 aliphatic heterocycles. The van der Waals surface area contributed by atoms with E-state index in [4.69, 9.17) is 11.6 Å². The van der Waals surface area contributed by atoms with Crippen molar-refractivity contribution < 1.29 is 18.0 Å². The zero-order valence-electron chi connectivity index (χ0n) is 16.2. The second-order valence-electron chi connectivity index (χ2n) is 7.36. The topological polar surface area (TPSA) is 51.0 Å². The average molecular weight is 435 g/mol. The summed E-state index contributed by atoms with van der Waals surface area (Å²) in [5.41, 5.74) is 0.835. The van der Waals surface area contributed by atoms with Crippen LogP contribution in [-0.4, -0.2) is 31.6 Å². The van der Waals surface area contributed by atoms with Gasteiger partial charge < -0.3 is 9.47 Å². The standard InChI is InChI=1S/C21H18ClF3N4O/c1-12-6-8-14(9-7-12)19-27-26-17-11-28(13(2)10-29(17)19)20(30)15-4-3-5-16(18(15)22)21(23,24)25/h3-9,13H,10-11H2,1-2H3/t13-/m0/s1. The zero-order chi connectivity index (χ0) is 21.6. The summed E-state index contributed by atoms with van der Waals surface area (Å²) in [6, 6.07) is 11.0. The molecule has 0 saturated heterocycles. The normalized spacial score (nSPS) is 16.5. The van der Waals surface area contributed by atoms with Crippen molar-refractivity contribution in [3.05, 3.63) is 70.0 Å². The third-order valence-electron chi connectivity index (χ3n) is 5.22. The van der Waals surface area contributed by atoms with Crippen LogP contribution in [0.25, 0.3) is 11.4 Å². The molecule has 9 heteroatoms. The molecule has 1 aliphatic rings. The molecule has 1 aromatic heterocycles. The highest BCUT2D eigenvalue weighted by molar-refractivity contribution is 6.34. The molecule has 0 aliphatic carbocycles. The molecule has 0 saturated carbocycles. The van der Waals surface area contributed by atoms with E-state index in [2.05, 4.69) is 10.2 Å². The van der Waals surface area contributed by atoms with Crippen molar-refractivity contribution in [3.8, 4) is 11.4 Å². The van der Waals surface area contributed by atoms with Crippen molar-refractivity contribution in [3.63, 3.8) is 0 Å². The Kier molecular flexibility index (Phi) is 5.05. The summed E-state index contributed by atoms with van der Waals surface area (Å²) in [6.45, 7) is 4.38. The van der Waals surface area contributed by atoms with Crippen molar-refractivity contribution in [2.75, 3.05) is 0 Å². The van der Waals surface area contributed by atoms with Gasteiger partial charge in [0.15, 0.2) is 11.6 Å². The van der Waals surface area contributed by atoms with E-state index in [1.54, 1.807) is 0 Å². The van der Waals surface area contributed by atoms with Crippen LogP contribution in [0.15, 0.2) is 42.5 Å². The van der Waals surface area contributed by atoms with Gasteiger partial charge in [0, 0.05) is 18.2 Å². The fourth-order valence-electron chi connectivity index (χ4n) is 3.57. The number of carbonyl (C=O) groups is 1. The van der Waals surface area contributed by atoms with Gasteiger partial charge in [-0.1, -0.05) is 47.5 Å². The molecule has 0 N–H and O–H groups in total. The van der Waals surface area contributed by atoms with E-state index < -0.39 is 22.7 Å².